The van der Waals surface area contributed by atoms with Crippen molar-refractivity contribution in [2.75, 3.05) is 13.1 Å². The largest absolute Gasteiger partial charge is 0.416 e. The number of rotatable bonds is 3. The average Bonchev–Trinajstić information content (AvgIpc) is 3.03. The number of hydroxylamine groups is 2. The Bertz CT molecular complexity index is 921. The Morgan fingerprint density at radius 1 is 1.00 bits per heavy atom. The lowest BCUT2D eigenvalue weighted by molar-refractivity contribution is -0.213. The normalized spacial score (nSPS) is 18.8. The molecule has 0 aliphatic carbocycles. The molecule has 0 aromatic heterocycles. The lowest BCUT2D eigenvalue weighted by Crippen LogP contribution is -2.47. The number of carbonyl (C=O) groups is 2. The molecule has 0 bridgehead atoms. The highest BCUT2D eigenvalue weighted by atomic mass is 19.4. The van der Waals surface area contributed by atoms with Gasteiger partial charge in [-0.15, -0.1) is 0 Å². The van der Waals surface area contributed by atoms with Crippen LogP contribution in [-0.2, 0) is 22.4 Å². The Labute approximate surface area is 172 Å². The van der Waals surface area contributed by atoms with Crippen LogP contribution in [0.2, 0.25) is 0 Å². The van der Waals surface area contributed by atoms with E-state index in [2.05, 4.69) is 0 Å². The molecular formula is C22H21F3N2O3. The summed E-state index contributed by atoms with van der Waals surface area (Å²) in [6.07, 6.45) is -3.17. The van der Waals surface area contributed by atoms with E-state index >= 15 is 0 Å². The van der Waals surface area contributed by atoms with E-state index in [1.165, 1.54) is 17.2 Å². The summed E-state index contributed by atoms with van der Waals surface area (Å²) in [4.78, 5) is 32.7. The second kappa shape index (κ2) is 7.75. The van der Waals surface area contributed by atoms with Gasteiger partial charge in [0.1, 0.15) is 5.60 Å². The maximum Gasteiger partial charge on any atom is 0.416 e. The van der Waals surface area contributed by atoms with Crippen LogP contribution in [0.15, 0.2) is 54.6 Å². The number of halogens is 3. The highest BCUT2D eigenvalue weighted by molar-refractivity contribution is 5.94. The minimum Gasteiger partial charge on any atom is -0.338 e. The second-order valence-corrected chi connectivity index (χ2v) is 7.73. The van der Waals surface area contributed by atoms with E-state index in [1.807, 2.05) is 30.3 Å². The van der Waals surface area contributed by atoms with Crippen LogP contribution in [0, 0.1) is 0 Å². The predicted molar refractivity (Wildman–Crippen MR) is 102 cm³/mol. The zero-order valence-corrected chi connectivity index (χ0v) is 16.2. The molecule has 0 atom stereocenters. The third kappa shape index (κ3) is 4.18. The number of benzene rings is 2. The molecular weight excluding hydrogens is 397 g/mol. The Kier molecular flexibility index (Phi) is 5.27. The molecule has 0 radical (unpaired) electrons. The fraction of sp³-hybridized carbons (Fsp3) is 0.364. The molecule has 0 N–H and O–H groups in total. The first kappa shape index (κ1) is 20.4. The predicted octanol–water partition coefficient (Wildman–Crippen LogP) is 4.04. The van der Waals surface area contributed by atoms with Crippen LogP contribution < -0.4 is 0 Å². The molecule has 2 aliphatic heterocycles. The van der Waals surface area contributed by atoms with Crippen LogP contribution in [0.1, 0.15) is 40.7 Å². The van der Waals surface area contributed by atoms with Crippen LogP contribution in [0.4, 0.5) is 13.2 Å². The quantitative estimate of drug-likeness (QED) is 0.756. The van der Waals surface area contributed by atoms with Gasteiger partial charge in [0.25, 0.3) is 5.91 Å². The Hall–Kier alpha value is -2.87. The molecule has 1 spiro atoms. The first-order chi connectivity index (χ1) is 14.3. The van der Waals surface area contributed by atoms with Gasteiger partial charge in [-0.1, -0.05) is 30.3 Å². The van der Waals surface area contributed by atoms with Gasteiger partial charge in [-0.2, -0.15) is 13.2 Å². The van der Waals surface area contributed by atoms with Crippen LogP contribution >= 0.6 is 0 Å². The number of nitrogens with zero attached hydrogens (tertiary/aromatic N) is 2. The van der Waals surface area contributed by atoms with Crippen LogP contribution in [0.3, 0.4) is 0 Å². The number of hydrogen-bond acceptors (Lipinski definition) is 3. The summed E-state index contributed by atoms with van der Waals surface area (Å²) < 4.78 is 38.1. The van der Waals surface area contributed by atoms with E-state index in [0.29, 0.717) is 32.5 Å². The molecule has 2 fully saturated rings. The maximum absolute atomic E-state index is 12.7. The van der Waals surface area contributed by atoms with Crippen molar-refractivity contribution in [2.45, 2.75) is 37.6 Å². The van der Waals surface area contributed by atoms with Gasteiger partial charge in [0.05, 0.1) is 18.5 Å². The van der Waals surface area contributed by atoms with Crippen molar-refractivity contribution in [1.82, 2.24) is 9.96 Å². The van der Waals surface area contributed by atoms with Crippen molar-refractivity contribution < 1.29 is 27.6 Å². The van der Waals surface area contributed by atoms with Gasteiger partial charge < -0.3 is 4.90 Å². The molecule has 2 saturated heterocycles. The number of piperidine rings is 1. The van der Waals surface area contributed by atoms with Crippen molar-refractivity contribution in [3.8, 4) is 0 Å². The standard InChI is InChI=1S/C22H21F3N2O3/c23-22(24,25)18-8-6-17(7-9-18)20(29)26-12-10-21(11-13-26)14-19(28)27(30-21)15-16-4-2-1-3-5-16/h1-9H,10-15H2. The highest BCUT2D eigenvalue weighted by Crippen LogP contribution is 2.37. The highest BCUT2D eigenvalue weighted by Gasteiger charge is 2.47. The Balaban J connectivity index is 1.36. The third-order valence-electron chi connectivity index (χ3n) is 5.65. The number of carbonyl (C=O) groups excluding carboxylic acids is 2. The van der Waals surface area contributed by atoms with Crippen molar-refractivity contribution in [3.63, 3.8) is 0 Å². The van der Waals surface area contributed by atoms with Crippen molar-refractivity contribution in [1.29, 1.82) is 0 Å². The molecule has 5 nitrogen and oxygen atoms in total. The second-order valence-electron chi connectivity index (χ2n) is 7.73. The summed E-state index contributed by atoms with van der Waals surface area (Å²) in [6, 6.07) is 13.8. The molecule has 2 aliphatic rings. The smallest absolute Gasteiger partial charge is 0.338 e. The maximum atomic E-state index is 12.7. The summed E-state index contributed by atoms with van der Waals surface area (Å²) >= 11 is 0. The van der Waals surface area contributed by atoms with E-state index in [1.54, 1.807) is 4.90 Å². The molecule has 0 saturated carbocycles. The average molecular weight is 418 g/mol. The van der Waals surface area contributed by atoms with Gasteiger partial charge >= 0.3 is 6.18 Å². The number of amides is 2. The van der Waals surface area contributed by atoms with Crippen molar-refractivity contribution >= 4 is 11.8 Å². The number of hydrogen-bond donors (Lipinski definition) is 0. The molecule has 2 aromatic rings. The minimum absolute atomic E-state index is 0.0821. The molecule has 30 heavy (non-hydrogen) atoms. The monoisotopic (exact) mass is 418 g/mol. The van der Waals surface area contributed by atoms with E-state index in [9.17, 15) is 22.8 Å². The first-order valence-corrected chi connectivity index (χ1v) is 9.76. The van der Waals surface area contributed by atoms with Gasteiger partial charge in [-0.3, -0.25) is 14.4 Å². The zero-order valence-electron chi connectivity index (χ0n) is 16.2. The van der Waals surface area contributed by atoms with E-state index in [0.717, 1.165) is 17.7 Å². The van der Waals surface area contributed by atoms with E-state index in [4.69, 9.17) is 4.84 Å². The van der Waals surface area contributed by atoms with Gasteiger partial charge in [0.2, 0.25) is 5.91 Å². The fourth-order valence-electron chi connectivity index (χ4n) is 3.92. The molecule has 0 unspecified atom stereocenters. The van der Waals surface area contributed by atoms with E-state index < -0.39 is 17.3 Å². The first-order valence-electron chi connectivity index (χ1n) is 9.76. The SMILES string of the molecule is O=C(c1ccc(C(F)(F)F)cc1)N1CCC2(CC1)CC(=O)N(Cc1ccccc1)O2. The summed E-state index contributed by atoms with van der Waals surface area (Å²) in [6.45, 7) is 1.13. The van der Waals surface area contributed by atoms with Crippen LogP contribution in [0.25, 0.3) is 0 Å². The van der Waals surface area contributed by atoms with Gasteiger partial charge in [0.15, 0.2) is 0 Å². The summed E-state index contributed by atoms with van der Waals surface area (Å²) in [5.74, 6) is -0.398. The molecule has 8 heteroatoms. The van der Waals surface area contributed by atoms with E-state index in [-0.39, 0.29) is 23.8 Å². The minimum atomic E-state index is -4.43. The molecule has 2 amide bonds. The van der Waals surface area contributed by atoms with Gasteiger partial charge in [-0.05, 0) is 42.7 Å². The zero-order chi connectivity index (χ0) is 21.4. The van der Waals surface area contributed by atoms with Crippen LogP contribution in [-0.4, -0.2) is 40.5 Å². The number of alkyl halides is 3. The number of likely N-dealkylation sites (tertiary alicyclic amines) is 1. The van der Waals surface area contributed by atoms with Gasteiger partial charge in [-0.25, -0.2) is 5.06 Å². The molecule has 2 heterocycles. The summed E-state index contributed by atoms with van der Waals surface area (Å²) in [7, 11) is 0. The molecule has 4 rings (SSSR count). The lowest BCUT2D eigenvalue weighted by atomic mass is 9.88. The summed E-state index contributed by atoms with van der Waals surface area (Å²) in [5.41, 5.74) is -0.220. The molecule has 2 aromatic carbocycles. The lowest BCUT2D eigenvalue weighted by Gasteiger charge is -2.37. The van der Waals surface area contributed by atoms with Gasteiger partial charge in [0, 0.05) is 18.7 Å². The fourth-order valence-corrected chi connectivity index (χ4v) is 3.92. The Morgan fingerprint density at radius 3 is 2.23 bits per heavy atom. The topological polar surface area (TPSA) is 49.9 Å². The van der Waals surface area contributed by atoms with Crippen LogP contribution in [0.5, 0.6) is 0 Å². The summed E-state index contributed by atoms with van der Waals surface area (Å²) in [5, 5.41) is 1.39. The Morgan fingerprint density at radius 2 is 1.63 bits per heavy atom. The van der Waals surface area contributed by atoms with Crippen molar-refractivity contribution in [3.05, 3.63) is 71.3 Å². The molecule has 158 valence electrons. The third-order valence-corrected chi connectivity index (χ3v) is 5.65. The van der Waals surface area contributed by atoms with Crippen molar-refractivity contribution in [2.24, 2.45) is 0 Å².